The van der Waals surface area contributed by atoms with Crippen LogP contribution < -0.4 is 10.3 Å². The molecule has 4 bridgehead atoms. The molecule has 0 aliphatic heterocycles. The molecule has 136 valence electrons. The van der Waals surface area contributed by atoms with Gasteiger partial charge in [-0.1, -0.05) is 34.9 Å². The van der Waals surface area contributed by atoms with Crippen molar-refractivity contribution in [1.82, 2.24) is 0 Å². The van der Waals surface area contributed by atoms with E-state index in [1.165, 1.54) is 44.1 Å². The van der Waals surface area contributed by atoms with Crippen molar-refractivity contribution in [3.63, 3.8) is 0 Å². The molecule has 0 amide bonds. The molecule has 4 aliphatic rings. The van der Waals surface area contributed by atoms with Crippen LogP contribution in [-0.4, -0.2) is 0 Å². The number of para-hydroxylation sites is 2. The molecule has 0 saturated heterocycles. The maximum Gasteiger partial charge on any atom is 0.608 e. The zero-order chi connectivity index (χ0) is 18.0. The fraction of sp³-hybridized carbons (Fsp3) is 0.417. The molecule has 3 heteroatoms. The largest absolute Gasteiger partial charge is 0.608 e. The highest BCUT2D eigenvalue weighted by molar-refractivity contribution is 5.79. The molecule has 0 spiro atoms. The van der Waals surface area contributed by atoms with Crippen molar-refractivity contribution in [2.75, 3.05) is 0 Å². The van der Waals surface area contributed by atoms with Crippen LogP contribution in [0.15, 0.2) is 63.9 Å². The lowest BCUT2D eigenvalue weighted by Gasteiger charge is -2.57. The van der Waals surface area contributed by atoms with Crippen LogP contribution in [0.5, 0.6) is 0 Å². The molecule has 4 aliphatic carbocycles. The van der Waals surface area contributed by atoms with Gasteiger partial charge in [0.1, 0.15) is 0 Å². The Balaban J connectivity index is 1.53. The van der Waals surface area contributed by atoms with E-state index < -0.39 is 0 Å². The van der Waals surface area contributed by atoms with E-state index >= 15 is 0 Å². The molecular formula is C24H24NO2+. The van der Waals surface area contributed by atoms with Crippen molar-refractivity contribution in [3.05, 3.63) is 70.8 Å². The predicted molar refractivity (Wildman–Crippen MR) is 104 cm³/mol. The van der Waals surface area contributed by atoms with Crippen molar-refractivity contribution < 1.29 is 8.98 Å². The van der Waals surface area contributed by atoms with Crippen LogP contribution in [-0.2, 0) is 5.41 Å². The second-order valence-corrected chi connectivity index (χ2v) is 9.12. The lowest BCUT2D eigenvalue weighted by Crippen LogP contribution is -2.49. The third-order valence-electron chi connectivity index (χ3n) is 7.34. The van der Waals surface area contributed by atoms with Crippen molar-refractivity contribution in [2.45, 2.75) is 43.9 Å². The Kier molecular flexibility index (Phi) is 3.21. The minimum atomic E-state index is -0.300. The highest BCUT2D eigenvalue weighted by atomic mass is 16.4. The lowest BCUT2D eigenvalue weighted by atomic mass is 9.48. The summed E-state index contributed by atoms with van der Waals surface area (Å²) in [4.78, 5) is 12.8. The first-order valence-electron chi connectivity index (χ1n) is 10.2. The van der Waals surface area contributed by atoms with Gasteiger partial charge in [-0.3, -0.25) is 0 Å². The van der Waals surface area contributed by atoms with Crippen molar-refractivity contribution >= 4 is 11.0 Å². The van der Waals surface area contributed by atoms with Gasteiger partial charge in [-0.2, -0.15) is 4.79 Å². The number of rotatable bonds is 2. The topological polar surface area (TPSA) is 34.1 Å². The van der Waals surface area contributed by atoms with Gasteiger partial charge in [0.05, 0.1) is 5.39 Å². The van der Waals surface area contributed by atoms with Crippen LogP contribution in [0.4, 0.5) is 0 Å². The van der Waals surface area contributed by atoms with Gasteiger partial charge in [-0.25, -0.2) is 0 Å². The monoisotopic (exact) mass is 358 g/mol. The fourth-order valence-corrected chi connectivity index (χ4v) is 6.73. The van der Waals surface area contributed by atoms with Crippen LogP contribution in [0.25, 0.3) is 16.7 Å². The molecule has 0 radical (unpaired) electrons. The summed E-state index contributed by atoms with van der Waals surface area (Å²) in [6.45, 7) is 0. The van der Waals surface area contributed by atoms with E-state index in [-0.39, 0.29) is 11.2 Å². The van der Waals surface area contributed by atoms with Crippen molar-refractivity contribution in [1.29, 1.82) is 0 Å². The third-order valence-corrected chi connectivity index (χ3v) is 7.34. The van der Waals surface area contributed by atoms with Gasteiger partial charge in [-0.15, -0.1) is 0 Å². The molecule has 1 heterocycles. The van der Waals surface area contributed by atoms with Gasteiger partial charge < -0.3 is 4.42 Å². The van der Waals surface area contributed by atoms with E-state index in [0.29, 0.717) is 0 Å². The molecule has 0 N–H and O–H groups in total. The second-order valence-electron chi connectivity index (χ2n) is 9.12. The summed E-state index contributed by atoms with van der Waals surface area (Å²) in [5, 5.41) is 1.02. The number of nitrogens with zero attached hydrogens (tertiary/aromatic N) is 1. The summed E-state index contributed by atoms with van der Waals surface area (Å²) >= 11 is 0. The first-order valence-corrected chi connectivity index (χ1v) is 10.2. The average Bonchev–Trinajstić information content (AvgIpc) is 2.66. The van der Waals surface area contributed by atoms with E-state index in [0.717, 1.165) is 34.4 Å². The zero-order valence-corrected chi connectivity index (χ0v) is 15.4. The first kappa shape index (κ1) is 15.6. The van der Waals surface area contributed by atoms with Crippen LogP contribution in [0.1, 0.15) is 44.1 Å². The van der Waals surface area contributed by atoms with Gasteiger partial charge in [-0.05, 0) is 67.8 Å². The molecule has 27 heavy (non-hydrogen) atoms. The Bertz CT molecular complexity index is 1050. The summed E-state index contributed by atoms with van der Waals surface area (Å²) < 4.78 is 7.59. The Hall–Kier alpha value is -2.42. The summed E-state index contributed by atoms with van der Waals surface area (Å²) in [6.07, 6.45) is 10.0. The maximum absolute atomic E-state index is 12.8. The predicted octanol–water partition coefficient (Wildman–Crippen LogP) is 4.54. The molecule has 0 atom stereocenters. The van der Waals surface area contributed by atoms with Gasteiger partial charge in [0, 0.05) is 17.7 Å². The van der Waals surface area contributed by atoms with E-state index in [1.54, 1.807) is 4.57 Å². The number of benzene rings is 2. The highest BCUT2D eigenvalue weighted by Crippen LogP contribution is 2.61. The molecule has 1 aromatic heterocycles. The van der Waals surface area contributed by atoms with Gasteiger partial charge in [0.25, 0.3) is 0 Å². The molecule has 7 rings (SSSR count). The fourth-order valence-electron chi connectivity index (χ4n) is 6.73. The van der Waals surface area contributed by atoms with Crippen LogP contribution in [0.2, 0.25) is 0 Å². The summed E-state index contributed by atoms with van der Waals surface area (Å²) in [5.74, 6) is 2.31. The number of fused-ring (bicyclic) bond motifs is 1. The Morgan fingerprint density at radius 2 is 1.52 bits per heavy atom. The summed E-state index contributed by atoms with van der Waals surface area (Å²) in [6, 6.07) is 16.2. The van der Waals surface area contributed by atoms with E-state index in [9.17, 15) is 4.79 Å². The summed E-state index contributed by atoms with van der Waals surface area (Å²) in [7, 11) is 0. The Morgan fingerprint density at radius 3 is 2.19 bits per heavy atom. The second kappa shape index (κ2) is 5.54. The number of hydrogen-bond donors (Lipinski definition) is 0. The maximum atomic E-state index is 12.8. The lowest BCUT2D eigenvalue weighted by molar-refractivity contribution is -0.623. The average molecular weight is 358 g/mol. The summed E-state index contributed by atoms with van der Waals surface area (Å²) in [5.41, 5.74) is 3.17. The molecule has 3 nitrogen and oxygen atoms in total. The molecular weight excluding hydrogens is 334 g/mol. The minimum absolute atomic E-state index is 0.225. The molecule has 2 aromatic carbocycles. The Labute approximate surface area is 158 Å². The van der Waals surface area contributed by atoms with E-state index in [1.807, 2.05) is 36.5 Å². The van der Waals surface area contributed by atoms with E-state index in [4.69, 9.17) is 4.42 Å². The number of aromatic nitrogens is 1. The van der Waals surface area contributed by atoms with Gasteiger partial charge in [0.2, 0.25) is 5.69 Å². The van der Waals surface area contributed by atoms with Crippen LogP contribution >= 0.6 is 0 Å². The van der Waals surface area contributed by atoms with E-state index in [2.05, 4.69) is 18.2 Å². The third kappa shape index (κ3) is 2.33. The Morgan fingerprint density at radius 1 is 0.852 bits per heavy atom. The van der Waals surface area contributed by atoms with Gasteiger partial charge in [0.15, 0.2) is 11.8 Å². The smallest absolute Gasteiger partial charge is 0.371 e. The molecule has 4 fully saturated rings. The number of hydrogen-bond acceptors (Lipinski definition) is 2. The van der Waals surface area contributed by atoms with Crippen LogP contribution in [0.3, 0.4) is 0 Å². The normalized spacial score (nSPS) is 31.5. The SMILES string of the molecule is O=c1oc2c(C34CC5CC(CC(C5)C3)C4)cccc2c[n+]1-c1ccccc1. The molecule has 3 aromatic rings. The van der Waals surface area contributed by atoms with Crippen molar-refractivity contribution in [2.24, 2.45) is 17.8 Å². The molecule has 4 saturated carbocycles. The first-order chi connectivity index (χ1) is 13.2. The van der Waals surface area contributed by atoms with Crippen LogP contribution in [0, 0.1) is 17.8 Å². The minimum Gasteiger partial charge on any atom is -0.371 e. The van der Waals surface area contributed by atoms with Gasteiger partial charge >= 0.3 is 5.76 Å². The quantitative estimate of drug-likeness (QED) is 0.631. The molecule has 0 unspecified atom stereocenters. The van der Waals surface area contributed by atoms with Crippen molar-refractivity contribution in [3.8, 4) is 5.69 Å². The highest BCUT2D eigenvalue weighted by Gasteiger charge is 2.52. The zero-order valence-electron chi connectivity index (χ0n) is 15.4. The standard InChI is InChI=1S/C24H24NO2/c26-23-25(20-6-2-1-3-7-20)15-19-5-4-8-21(22(19)27-23)24-12-16-9-17(13-24)11-18(10-16)14-24/h1-8,15-18H,9-14H2/q+1.